The number of nitrogens with one attached hydrogen (secondary N) is 1. The summed E-state index contributed by atoms with van der Waals surface area (Å²) in [5.41, 5.74) is 0. The summed E-state index contributed by atoms with van der Waals surface area (Å²) in [6.45, 7) is 1.90. The van der Waals surface area contributed by atoms with E-state index in [1.54, 1.807) is 0 Å². The number of rotatable bonds is 82. The van der Waals surface area contributed by atoms with E-state index in [1.165, 1.54) is 385 Å². The molecule has 3 aliphatic heterocycles. The third kappa shape index (κ3) is 52.7. The number of aliphatic hydroxyl groups is 11. The minimum absolute atomic E-state index is 0.230. The minimum atomic E-state index is -1.97. The molecule has 3 saturated heterocycles. The summed E-state index contributed by atoms with van der Waals surface area (Å²) < 4.78 is 34.7. The molecule has 17 unspecified atom stereocenters. The summed E-state index contributed by atoms with van der Waals surface area (Å²) in [6, 6.07) is -0.885. The molecule has 0 radical (unpaired) electrons. The zero-order valence-electron chi connectivity index (χ0n) is 72.9. The lowest BCUT2D eigenvalue weighted by Gasteiger charge is -2.48. The van der Waals surface area contributed by atoms with Crippen LogP contribution < -0.4 is 5.32 Å². The van der Waals surface area contributed by atoms with Crippen molar-refractivity contribution in [1.82, 2.24) is 5.32 Å². The summed E-state index contributed by atoms with van der Waals surface area (Å²) in [4.78, 5) is 13.6. The van der Waals surface area contributed by atoms with Gasteiger partial charge < -0.3 is 89.9 Å². The smallest absolute Gasteiger partial charge is 0.220 e. The number of amides is 1. The van der Waals surface area contributed by atoms with Gasteiger partial charge in [-0.1, -0.05) is 444 Å². The van der Waals surface area contributed by atoms with Crippen LogP contribution in [0.3, 0.4) is 0 Å². The molecule has 0 aromatic carbocycles. The first-order valence-electron chi connectivity index (χ1n) is 48.8. The monoisotopic (exact) mass is 1610 g/mol. The summed E-state index contributed by atoms with van der Waals surface area (Å²) >= 11 is 0. The molecular formula is C94H183NO18. The lowest BCUT2D eigenvalue weighted by atomic mass is 9.96. The number of unbranched alkanes of at least 4 members (excludes halogenated alkanes) is 66. The number of hydrogen-bond donors (Lipinski definition) is 12. The molecule has 3 rings (SSSR count). The Morgan fingerprint density at radius 1 is 0.283 bits per heavy atom. The second-order valence-electron chi connectivity index (χ2n) is 35.3. The fraction of sp³-hybridized carbons (Fsp3) is 0.989. The Balaban J connectivity index is 1.29. The van der Waals surface area contributed by atoms with Gasteiger partial charge in [-0.25, -0.2) is 0 Å². The molecule has 3 heterocycles. The quantitative estimate of drug-likeness (QED) is 0.0252. The van der Waals surface area contributed by atoms with Crippen molar-refractivity contribution in [3.05, 3.63) is 0 Å². The van der Waals surface area contributed by atoms with E-state index in [-0.39, 0.29) is 18.9 Å². The molecule has 0 aliphatic carbocycles. The molecule has 0 aromatic heterocycles. The molecule has 0 saturated carbocycles. The molecule has 17 atom stereocenters. The van der Waals surface area contributed by atoms with E-state index in [1.807, 2.05) is 0 Å². The van der Waals surface area contributed by atoms with Gasteiger partial charge in [0.2, 0.25) is 5.91 Å². The summed E-state index contributed by atoms with van der Waals surface area (Å²) in [7, 11) is 0. The van der Waals surface area contributed by atoms with Crippen LogP contribution in [0, 0.1) is 0 Å². The highest BCUT2D eigenvalue weighted by Crippen LogP contribution is 2.34. The van der Waals surface area contributed by atoms with Crippen molar-refractivity contribution in [3.63, 3.8) is 0 Å². The van der Waals surface area contributed by atoms with Crippen molar-refractivity contribution in [1.29, 1.82) is 0 Å². The van der Waals surface area contributed by atoms with Crippen LogP contribution in [-0.4, -0.2) is 193 Å². The molecule has 3 aliphatic rings. The van der Waals surface area contributed by atoms with Gasteiger partial charge in [0.1, 0.15) is 73.2 Å². The molecule has 19 nitrogen and oxygen atoms in total. The Morgan fingerprint density at radius 2 is 0.504 bits per heavy atom. The second-order valence-corrected chi connectivity index (χ2v) is 35.3. The zero-order chi connectivity index (χ0) is 81.7. The SMILES string of the molecule is CCCCCCCCCCCCCCCCCCCCCCCCCCCCCCCCCCCCCC(=O)NC(COC1OC(CO)C(OC2OC(CO)C(OC3OC(CO)C(O)C(O)C3O)C(O)C2O)C(O)C1O)C(O)CCCCCCCCCCCCCCCCCCCCCCCCCCCCCCCCCCC. The average Bonchev–Trinajstić information content (AvgIpc) is 0.780. The van der Waals surface area contributed by atoms with E-state index in [0.29, 0.717) is 12.8 Å². The van der Waals surface area contributed by atoms with Crippen LogP contribution in [0.4, 0.5) is 0 Å². The van der Waals surface area contributed by atoms with Crippen LogP contribution in [0.5, 0.6) is 0 Å². The van der Waals surface area contributed by atoms with Crippen LogP contribution in [0.2, 0.25) is 0 Å². The zero-order valence-corrected chi connectivity index (χ0v) is 72.9. The molecule has 3 fully saturated rings. The number of aliphatic hydroxyl groups excluding tert-OH is 11. The average molecular weight is 1620 g/mol. The van der Waals surface area contributed by atoms with Gasteiger partial charge in [0.25, 0.3) is 0 Å². The van der Waals surface area contributed by atoms with Crippen molar-refractivity contribution >= 4 is 5.91 Å². The van der Waals surface area contributed by atoms with E-state index in [2.05, 4.69) is 19.2 Å². The number of carbonyl (C=O) groups is 1. The maximum atomic E-state index is 13.6. The molecule has 0 bridgehead atoms. The summed E-state index contributed by atoms with van der Waals surface area (Å²) in [5, 5.41) is 122. The van der Waals surface area contributed by atoms with E-state index in [0.717, 1.165) is 44.9 Å². The van der Waals surface area contributed by atoms with Crippen molar-refractivity contribution in [2.24, 2.45) is 0 Å². The first-order valence-corrected chi connectivity index (χ1v) is 48.8. The van der Waals surface area contributed by atoms with Crippen molar-refractivity contribution < 1.29 is 89.4 Å². The van der Waals surface area contributed by atoms with Gasteiger partial charge in [0.05, 0.1) is 38.6 Å². The molecule has 0 spiro atoms. The maximum absolute atomic E-state index is 13.6. The number of ether oxygens (including phenoxy) is 6. The van der Waals surface area contributed by atoms with Crippen molar-refractivity contribution in [3.8, 4) is 0 Å². The third-order valence-electron chi connectivity index (χ3n) is 24.9. The van der Waals surface area contributed by atoms with Gasteiger partial charge in [-0.05, 0) is 12.8 Å². The number of carbonyl (C=O) groups excluding carboxylic acids is 1. The van der Waals surface area contributed by atoms with E-state index < -0.39 is 124 Å². The fourth-order valence-electron chi connectivity index (χ4n) is 17.2. The molecular weight excluding hydrogens is 1430 g/mol. The Morgan fingerprint density at radius 3 is 0.770 bits per heavy atom. The van der Waals surface area contributed by atoms with E-state index >= 15 is 0 Å². The molecule has 1 amide bonds. The predicted molar refractivity (Wildman–Crippen MR) is 457 cm³/mol. The lowest BCUT2D eigenvalue weighted by Crippen LogP contribution is -2.66. The van der Waals surface area contributed by atoms with Gasteiger partial charge in [0.15, 0.2) is 18.9 Å². The van der Waals surface area contributed by atoms with Gasteiger partial charge in [-0.2, -0.15) is 0 Å². The summed E-state index contributed by atoms with van der Waals surface area (Å²) in [5.74, 6) is -0.230. The highest BCUT2D eigenvalue weighted by Gasteiger charge is 2.54. The largest absolute Gasteiger partial charge is 0.394 e. The first kappa shape index (κ1) is 106. The van der Waals surface area contributed by atoms with Crippen molar-refractivity contribution in [2.45, 2.75) is 568 Å². The first-order chi connectivity index (χ1) is 55.3. The highest BCUT2D eigenvalue weighted by atomic mass is 16.8. The van der Waals surface area contributed by atoms with Crippen LogP contribution in [0.1, 0.15) is 463 Å². The number of hydrogen-bond acceptors (Lipinski definition) is 18. The Hall–Kier alpha value is -1.21. The molecule has 113 heavy (non-hydrogen) atoms. The van der Waals surface area contributed by atoms with Crippen LogP contribution in [-0.2, 0) is 33.2 Å². The Labute approximate surface area is 691 Å². The van der Waals surface area contributed by atoms with Crippen LogP contribution in [0.15, 0.2) is 0 Å². The maximum Gasteiger partial charge on any atom is 0.220 e. The second kappa shape index (κ2) is 74.6. The van der Waals surface area contributed by atoms with Crippen molar-refractivity contribution in [2.75, 3.05) is 26.4 Å². The van der Waals surface area contributed by atoms with Gasteiger partial charge in [0, 0.05) is 6.42 Å². The lowest BCUT2D eigenvalue weighted by molar-refractivity contribution is -0.379. The van der Waals surface area contributed by atoms with Crippen LogP contribution >= 0.6 is 0 Å². The summed E-state index contributed by atoms with van der Waals surface area (Å²) in [6.07, 6.45) is 65.3. The molecule has 19 heteroatoms. The fourth-order valence-corrected chi connectivity index (χ4v) is 17.2. The standard InChI is InChI=1S/C94H183NO18/c1-3-5-7-9-11-13-15-17-19-21-23-25-27-29-31-33-35-37-38-40-42-44-46-48-50-52-54-56-58-60-62-64-66-68-70-72-82(100)95-77(78(99)71-69-67-65-63-61-59-57-55-53-51-49-47-45-43-41-39-36-34-32-30-28-26-24-22-20-18-16-14-12-10-8-6-4-2)76-108-92-88(106)85(103)90(80(74-97)110-92)113-94-89(107)86(104)91(81(75-98)111-94)112-93-87(105)84(102)83(101)79(73-96)109-93/h77-81,83-94,96-99,101-107H,3-76H2,1-2H3,(H,95,100). The predicted octanol–water partition coefficient (Wildman–Crippen LogP) is 19.6. The molecule has 672 valence electrons. The topological polar surface area (TPSA) is 307 Å². The minimum Gasteiger partial charge on any atom is -0.394 e. The Bertz CT molecular complexity index is 2030. The van der Waals surface area contributed by atoms with E-state index in [9.17, 15) is 61.0 Å². The highest BCUT2D eigenvalue weighted by molar-refractivity contribution is 5.76. The Kier molecular flexibility index (Phi) is 70.0. The normalized spacial score (nSPS) is 24.7. The van der Waals surface area contributed by atoms with Crippen LogP contribution in [0.25, 0.3) is 0 Å². The van der Waals surface area contributed by atoms with Gasteiger partial charge >= 0.3 is 0 Å². The van der Waals surface area contributed by atoms with Gasteiger partial charge in [-0.3, -0.25) is 4.79 Å². The van der Waals surface area contributed by atoms with E-state index in [4.69, 9.17) is 28.4 Å². The molecule has 12 N–H and O–H groups in total. The molecule has 0 aromatic rings. The third-order valence-corrected chi connectivity index (χ3v) is 24.9. The van der Waals surface area contributed by atoms with Gasteiger partial charge in [-0.15, -0.1) is 0 Å².